The van der Waals surface area contributed by atoms with Gasteiger partial charge in [-0.05, 0) is 35.4 Å². The van der Waals surface area contributed by atoms with Crippen molar-refractivity contribution in [3.8, 4) is 11.5 Å². The molecule has 0 bridgehead atoms. The van der Waals surface area contributed by atoms with Crippen molar-refractivity contribution < 1.29 is 19.7 Å². The summed E-state index contributed by atoms with van der Waals surface area (Å²) in [5, 5.41) is 18.5. The van der Waals surface area contributed by atoms with Crippen molar-refractivity contribution in [1.82, 2.24) is 0 Å². The van der Waals surface area contributed by atoms with E-state index in [0.29, 0.717) is 26.4 Å². The number of hydrogen-bond acceptors (Lipinski definition) is 4. The molecule has 2 rings (SSSR count). The second-order valence-corrected chi connectivity index (χ2v) is 6.48. The molecule has 0 heterocycles. The van der Waals surface area contributed by atoms with Crippen molar-refractivity contribution in [2.24, 2.45) is 5.41 Å². The maximum absolute atomic E-state index is 9.25. The van der Waals surface area contributed by atoms with Crippen LogP contribution in [0.15, 0.2) is 48.5 Å². The van der Waals surface area contributed by atoms with E-state index in [1.54, 1.807) is 24.3 Å². The van der Waals surface area contributed by atoms with Crippen molar-refractivity contribution in [3.63, 3.8) is 0 Å². The molecule has 0 amide bonds. The van der Waals surface area contributed by atoms with Crippen molar-refractivity contribution in [2.45, 2.75) is 27.1 Å². The van der Waals surface area contributed by atoms with E-state index in [1.807, 2.05) is 24.3 Å². The fraction of sp³-hybridized carbons (Fsp3) is 0.368. The zero-order valence-electron chi connectivity index (χ0n) is 13.7. The molecule has 124 valence electrons. The van der Waals surface area contributed by atoms with Gasteiger partial charge in [0.1, 0.15) is 11.5 Å². The molecule has 2 aromatic carbocycles. The zero-order chi connectivity index (χ0) is 16.7. The van der Waals surface area contributed by atoms with E-state index in [4.69, 9.17) is 9.47 Å². The van der Waals surface area contributed by atoms with Gasteiger partial charge in [0.25, 0.3) is 0 Å². The van der Waals surface area contributed by atoms with E-state index in [0.717, 1.165) is 11.1 Å². The SMILES string of the molecule is CC(C)(COCc1ccc(O)cc1)COCc1ccc(O)cc1. The van der Waals surface area contributed by atoms with Gasteiger partial charge in [-0.3, -0.25) is 0 Å². The normalized spacial score (nSPS) is 11.6. The monoisotopic (exact) mass is 316 g/mol. The fourth-order valence-corrected chi connectivity index (χ4v) is 2.12. The Bertz CT molecular complexity index is 534. The first-order valence-electron chi connectivity index (χ1n) is 7.66. The minimum atomic E-state index is -0.0894. The van der Waals surface area contributed by atoms with Crippen LogP contribution in [-0.2, 0) is 22.7 Å². The van der Waals surface area contributed by atoms with Crippen LogP contribution in [0.3, 0.4) is 0 Å². The molecular weight excluding hydrogens is 292 g/mol. The zero-order valence-corrected chi connectivity index (χ0v) is 13.7. The molecule has 0 aliphatic rings. The standard InChI is InChI=1S/C19H24O4/c1-19(2,13-22-11-15-3-7-17(20)8-4-15)14-23-12-16-5-9-18(21)10-6-16/h3-10,20-21H,11-14H2,1-2H3. The summed E-state index contributed by atoms with van der Waals surface area (Å²) in [4.78, 5) is 0. The molecule has 4 heteroatoms. The summed E-state index contributed by atoms with van der Waals surface area (Å²) >= 11 is 0. The van der Waals surface area contributed by atoms with E-state index >= 15 is 0 Å². The molecule has 0 aliphatic carbocycles. The van der Waals surface area contributed by atoms with E-state index in [2.05, 4.69) is 13.8 Å². The summed E-state index contributed by atoms with van der Waals surface area (Å²) in [7, 11) is 0. The van der Waals surface area contributed by atoms with E-state index in [-0.39, 0.29) is 16.9 Å². The lowest BCUT2D eigenvalue weighted by Crippen LogP contribution is -2.25. The Morgan fingerprint density at radius 1 is 0.696 bits per heavy atom. The summed E-state index contributed by atoms with van der Waals surface area (Å²) in [6.45, 7) is 6.40. The first kappa shape index (κ1) is 17.3. The molecule has 0 aromatic heterocycles. The van der Waals surface area contributed by atoms with Gasteiger partial charge in [0, 0.05) is 5.41 Å². The van der Waals surface area contributed by atoms with Crippen LogP contribution in [0.2, 0.25) is 0 Å². The molecule has 2 aromatic rings. The average molecular weight is 316 g/mol. The molecular formula is C19H24O4. The Balaban J connectivity index is 1.69. The predicted octanol–water partition coefficient (Wildman–Crippen LogP) is 3.86. The number of hydrogen-bond donors (Lipinski definition) is 2. The largest absolute Gasteiger partial charge is 0.508 e. The highest BCUT2D eigenvalue weighted by molar-refractivity contribution is 5.26. The van der Waals surface area contributed by atoms with Gasteiger partial charge >= 0.3 is 0 Å². The number of benzene rings is 2. The molecule has 0 saturated heterocycles. The van der Waals surface area contributed by atoms with Crippen LogP contribution in [0.1, 0.15) is 25.0 Å². The van der Waals surface area contributed by atoms with Crippen LogP contribution in [0.5, 0.6) is 11.5 Å². The van der Waals surface area contributed by atoms with E-state index < -0.39 is 0 Å². The maximum Gasteiger partial charge on any atom is 0.115 e. The minimum absolute atomic E-state index is 0.0894. The number of aromatic hydroxyl groups is 2. The Morgan fingerprint density at radius 2 is 1.04 bits per heavy atom. The van der Waals surface area contributed by atoms with Crippen LogP contribution in [0.4, 0.5) is 0 Å². The van der Waals surface area contributed by atoms with Crippen LogP contribution in [-0.4, -0.2) is 23.4 Å². The summed E-state index contributed by atoms with van der Waals surface area (Å²) < 4.78 is 11.5. The average Bonchev–Trinajstić information content (AvgIpc) is 2.51. The van der Waals surface area contributed by atoms with Gasteiger partial charge in [-0.2, -0.15) is 0 Å². The van der Waals surface area contributed by atoms with Crippen molar-refractivity contribution in [3.05, 3.63) is 59.7 Å². The number of rotatable bonds is 8. The molecule has 23 heavy (non-hydrogen) atoms. The first-order chi connectivity index (χ1) is 10.9. The predicted molar refractivity (Wildman–Crippen MR) is 89.3 cm³/mol. The van der Waals surface area contributed by atoms with Crippen LogP contribution in [0, 0.1) is 5.41 Å². The van der Waals surface area contributed by atoms with Gasteiger partial charge in [-0.1, -0.05) is 38.1 Å². The number of phenolic OH excluding ortho intramolecular Hbond substituents is 2. The highest BCUT2D eigenvalue weighted by Gasteiger charge is 2.18. The molecule has 0 unspecified atom stereocenters. The molecule has 0 spiro atoms. The van der Waals surface area contributed by atoms with E-state index in [1.165, 1.54) is 0 Å². The third-order valence-corrected chi connectivity index (χ3v) is 3.40. The Morgan fingerprint density at radius 3 is 1.39 bits per heavy atom. The molecule has 0 atom stereocenters. The summed E-state index contributed by atoms with van der Waals surface area (Å²) in [5.74, 6) is 0.522. The second kappa shape index (κ2) is 7.99. The fourth-order valence-electron chi connectivity index (χ4n) is 2.12. The van der Waals surface area contributed by atoms with Gasteiger partial charge in [0.05, 0.1) is 26.4 Å². The second-order valence-electron chi connectivity index (χ2n) is 6.48. The molecule has 2 N–H and O–H groups in total. The Kier molecular flexibility index (Phi) is 6.02. The Hall–Kier alpha value is -2.04. The van der Waals surface area contributed by atoms with Crippen molar-refractivity contribution >= 4 is 0 Å². The molecule has 4 nitrogen and oxygen atoms in total. The van der Waals surface area contributed by atoms with Crippen LogP contribution >= 0.6 is 0 Å². The highest BCUT2D eigenvalue weighted by atomic mass is 16.5. The lowest BCUT2D eigenvalue weighted by Gasteiger charge is -2.24. The highest BCUT2D eigenvalue weighted by Crippen LogP contribution is 2.19. The molecule has 0 fully saturated rings. The summed E-state index contributed by atoms with van der Waals surface area (Å²) in [6.07, 6.45) is 0. The summed E-state index contributed by atoms with van der Waals surface area (Å²) in [6, 6.07) is 14.0. The van der Waals surface area contributed by atoms with E-state index in [9.17, 15) is 10.2 Å². The first-order valence-corrected chi connectivity index (χ1v) is 7.66. The third-order valence-electron chi connectivity index (χ3n) is 3.40. The summed E-state index contributed by atoms with van der Waals surface area (Å²) in [5.41, 5.74) is 1.97. The maximum atomic E-state index is 9.25. The van der Waals surface area contributed by atoms with Crippen LogP contribution in [0.25, 0.3) is 0 Å². The third kappa shape index (κ3) is 6.30. The van der Waals surface area contributed by atoms with Gasteiger partial charge in [0.15, 0.2) is 0 Å². The molecule has 0 saturated carbocycles. The van der Waals surface area contributed by atoms with Gasteiger partial charge in [-0.25, -0.2) is 0 Å². The minimum Gasteiger partial charge on any atom is -0.508 e. The smallest absolute Gasteiger partial charge is 0.115 e. The van der Waals surface area contributed by atoms with Gasteiger partial charge in [-0.15, -0.1) is 0 Å². The topological polar surface area (TPSA) is 58.9 Å². The molecule has 0 radical (unpaired) electrons. The van der Waals surface area contributed by atoms with Crippen molar-refractivity contribution in [1.29, 1.82) is 0 Å². The van der Waals surface area contributed by atoms with Crippen molar-refractivity contribution in [2.75, 3.05) is 13.2 Å². The molecule has 0 aliphatic heterocycles. The van der Waals surface area contributed by atoms with Gasteiger partial charge in [0.2, 0.25) is 0 Å². The number of phenols is 2. The Labute approximate surface area is 137 Å². The van der Waals surface area contributed by atoms with Gasteiger partial charge < -0.3 is 19.7 Å². The lowest BCUT2D eigenvalue weighted by molar-refractivity contribution is -0.0142. The number of ether oxygens (including phenoxy) is 2. The lowest BCUT2D eigenvalue weighted by atomic mass is 9.96. The van der Waals surface area contributed by atoms with Crippen LogP contribution < -0.4 is 0 Å². The quantitative estimate of drug-likeness (QED) is 0.776.